The molecule has 0 aliphatic rings. The minimum absolute atomic E-state index is 0.00318. The van der Waals surface area contributed by atoms with Crippen molar-refractivity contribution >= 4 is 5.97 Å². The van der Waals surface area contributed by atoms with Gasteiger partial charge in [0.1, 0.15) is 6.10 Å². The van der Waals surface area contributed by atoms with Gasteiger partial charge in [0.15, 0.2) is 0 Å². The van der Waals surface area contributed by atoms with Crippen LogP contribution in [0.1, 0.15) is 84.0 Å². The molecule has 0 spiro atoms. The van der Waals surface area contributed by atoms with Crippen molar-refractivity contribution in [1.82, 2.24) is 0 Å². The maximum Gasteiger partial charge on any atom is 0.366 e. The molecular weight excluding hydrogens is 320 g/mol. The molecule has 0 saturated carbocycles. The second-order valence-corrected chi connectivity index (χ2v) is 6.55. The fourth-order valence-electron chi connectivity index (χ4n) is 2.46. The van der Waals surface area contributed by atoms with Crippen LogP contribution in [-0.4, -0.2) is 38.3 Å². The van der Waals surface area contributed by atoms with E-state index in [9.17, 15) is 9.90 Å². The van der Waals surface area contributed by atoms with E-state index in [0.29, 0.717) is 6.42 Å². The molecule has 146 valence electrons. The highest BCUT2D eigenvalue weighted by Crippen LogP contribution is 2.13. The Morgan fingerprint density at radius 3 is 1.76 bits per heavy atom. The molecular formula is C20H36O5. The van der Waals surface area contributed by atoms with Crippen molar-refractivity contribution in [3.63, 3.8) is 0 Å². The average molecular weight is 357 g/mol. The molecule has 0 radical (unpaired) electrons. The van der Waals surface area contributed by atoms with Crippen molar-refractivity contribution in [2.75, 3.05) is 0 Å². The van der Waals surface area contributed by atoms with E-state index in [1.54, 1.807) is 0 Å². The van der Waals surface area contributed by atoms with E-state index < -0.39 is 17.9 Å². The number of allylic oxidation sites excluding steroid dienone is 4. The maximum atomic E-state index is 10.5. The first-order valence-electron chi connectivity index (χ1n) is 9.59. The molecule has 0 rings (SSSR count). The average Bonchev–Trinajstić information content (AvgIpc) is 2.57. The van der Waals surface area contributed by atoms with Crippen molar-refractivity contribution in [1.29, 1.82) is 0 Å². The second kappa shape index (κ2) is 15.1. The summed E-state index contributed by atoms with van der Waals surface area (Å²) in [6, 6.07) is 0. The monoisotopic (exact) mass is 356 g/mol. The summed E-state index contributed by atoms with van der Waals surface area (Å²) in [4.78, 5) is 10.5. The van der Waals surface area contributed by atoms with Gasteiger partial charge in [-0.05, 0) is 51.4 Å². The molecule has 0 bridgehead atoms. The van der Waals surface area contributed by atoms with Crippen LogP contribution in [0, 0.1) is 0 Å². The molecule has 0 aromatic rings. The lowest BCUT2D eigenvalue weighted by Crippen LogP contribution is -2.49. The molecule has 5 heteroatoms. The van der Waals surface area contributed by atoms with Gasteiger partial charge in [-0.3, -0.25) is 0 Å². The van der Waals surface area contributed by atoms with Gasteiger partial charge in [0.05, 0.1) is 0 Å². The third-order valence-electron chi connectivity index (χ3n) is 4.19. The predicted octanol–water partition coefficient (Wildman–Crippen LogP) is 3.93. The van der Waals surface area contributed by atoms with Crippen LogP contribution >= 0.6 is 0 Å². The lowest BCUT2D eigenvalue weighted by molar-refractivity contribution is -0.236. The Bertz CT molecular complexity index is 388. The zero-order chi connectivity index (χ0) is 19.0. The van der Waals surface area contributed by atoms with Crippen molar-refractivity contribution in [3.8, 4) is 0 Å². The smallest absolute Gasteiger partial charge is 0.366 e. The van der Waals surface area contributed by atoms with Crippen LogP contribution in [0.2, 0.25) is 0 Å². The van der Waals surface area contributed by atoms with Gasteiger partial charge in [-0.1, -0.05) is 56.9 Å². The summed E-state index contributed by atoms with van der Waals surface area (Å²) >= 11 is 0. The standard InChI is InChI=1S/C20H36O5/c1-2-3-4-5-6-7-8-9-10-11-12-13-14-15-16-17-18(21)20(24,25)19(22)23/h8-9,14-15,18,21,24-25H,2-7,10-13,16-17H2,1H3,(H,22,23)/t18-/m0/s1. The summed E-state index contributed by atoms with van der Waals surface area (Å²) in [5.74, 6) is -4.91. The summed E-state index contributed by atoms with van der Waals surface area (Å²) in [5.41, 5.74) is 0. The molecule has 0 heterocycles. The Labute approximate surface area is 152 Å². The highest BCUT2D eigenvalue weighted by Gasteiger charge is 2.40. The predicted molar refractivity (Wildman–Crippen MR) is 100 cm³/mol. The van der Waals surface area contributed by atoms with Gasteiger partial charge >= 0.3 is 5.97 Å². The third kappa shape index (κ3) is 12.8. The van der Waals surface area contributed by atoms with Crippen LogP contribution in [0.15, 0.2) is 24.3 Å². The Morgan fingerprint density at radius 1 is 0.840 bits per heavy atom. The third-order valence-corrected chi connectivity index (χ3v) is 4.19. The molecule has 4 N–H and O–H groups in total. The minimum Gasteiger partial charge on any atom is -0.477 e. The number of aliphatic hydroxyl groups is 3. The number of carboxylic acid groups (broad SMARTS) is 1. The van der Waals surface area contributed by atoms with Crippen LogP contribution in [0.5, 0.6) is 0 Å². The van der Waals surface area contributed by atoms with Crippen LogP contribution in [-0.2, 0) is 4.79 Å². The number of aliphatic carboxylic acids is 1. The van der Waals surface area contributed by atoms with Crippen LogP contribution < -0.4 is 0 Å². The lowest BCUT2D eigenvalue weighted by atomic mass is 10.0. The summed E-state index contributed by atoms with van der Waals surface area (Å²) < 4.78 is 0. The molecule has 0 aromatic carbocycles. The topological polar surface area (TPSA) is 98.0 Å². The lowest BCUT2D eigenvalue weighted by Gasteiger charge is -2.22. The maximum absolute atomic E-state index is 10.5. The van der Waals surface area contributed by atoms with Gasteiger partial charge in [0, 0.05) is 0 Å². The van der Waals surface area contributed by atoms with Gasteiger partial charge in [-0.15, -0.1) is 0 Å². The fourth-order valence-corrected chi connectivity index (χ4v) is 2.46. The van der Waals surface area contributed by atoms with Crippen molar-refractivity contribution < 1.29 is 25.2 Å². The van der Waals surface area contributed by atoms with Crippen molar-refractivity contribution in [2.45, 2.75) is 95.9 Å². The SMILES string of the molecule is CCCCCCCC=CCCCCC=CCC[C@H](O)C(O)(O)C(=O)O. The summed E-state index contributed by atoms with van der Waals surface area (Å²) in [6.07, 6.45) is 19.1. The number of carbonyl (C=O) groups is 1. The zero-order valence-corrected chi connectivity index (χ0v) is 15.6. The molecule has 5 nitrogen and oxygen atoms in total. The molecule has 0 aromatic heterocycles. The van der Waals surface area contributed by atoms with E-state index in [1.807, 2.05) is 12.2 Å². The fraction of sp³-hybridized carbons (Fsp3) is 0.750. The molecule has 0 fully saturated rings. The van der Waals surface area contributed by atoms with E-state index in [1.165, 1.54) is 38.5 Å². The molecule has 1 atom stereocenters. The Kier molecular flexibility index (Phi) is 14.4. The normalized spacial score (nSPS) is 13.8. The molecule has 0 amide bonds. The number of rotatable bonds is 16. The van der Waals surface area contributed by atoms with Gasteiger partial charge < -0.3 is 20.4 Å². The Hall–Kier alpha value is -1.17. The number of hydrogen-bond donors (Lipinski definition) is 4. The summed E-state index contributed by atoms with van der Waals surface area (Å²) in [5, 5.41) is 36.3. The Morgan fingerprint density at radius 2 is 1.28 bits per heavy atom. The van der Waals surface area contributed by atoms with E-state index in [-0.39, 0.29) is 6.42 Å². The number of aliphatic hydroxyl groups excluding tert-OH is 1. The van der Waals surface area contributed by atoms with Gasteiger partial charge in [-0.2, -0.15) is 0 Å². The second-order valence-electron chi connectivity index (χ2n) is 6.55. The van der Waals surface area contributed by atoms with Crippen LogP contribution in [0.3, 0.4) is 0 Å². The van der Waals surface area contributed by atoms with Gasteiger partial charge in [-0.25, -0.2) is 4.79 Å². The van der Waals surface area contributed by atoms with E-state index >= 15 is 0 Å². The van der Waals surface area contributed by atoms with E-state index in [0.717, 1.165) is 25.7 Å². The largest absolute Gasteiger partial charge is 0.477 e. The molecule has 0 unspecified atom stereocenters. The number of unbranched alkanes of at least 4 members (excludes halogenated alkanes) is 8. The summed E-state index contributed by atoms with van der Waals surface area (Å²) in [6.45, 7) is 2.23. The van der Waals surface area contributed by atoms with Crippen molar-refractivity contribution in [2.24, 2.45) is 0 Å². The molecule has 0 saturated heterocycles. The molecule has 0 aliphatic heterocycles. The quantitative estimate of drug-likeness (QED) is 0.191. The van der Waals surface area contributed by atoms with Gasteiger partial charge in [0.2, 0.25) is 0 Å². The van der Waals surface area contributed by atoms with E-state index in [4.69, 9.17) is 15.3 Å². The zero-order valence-electron chi connectivity index (χ0n) is 15.6. The van der Waals surface area contributed by atoms with Crippen LogP contribution in [0.4, 0.5) is 0 Å². The summed E-state index contributed by atoms with van der Waals surface area (Å²) in [7, 11) is 0. The molecule has 0 aliphatic carbocycles. The first-order chi connectivity index (χ1) is 11.9. The number of hydrogen-bond acceptors (Lipinski definition) is 4. The first-order valence-corrected chi connectivity index (χ1v) is 9.59. The number of carboxylic acids is 1. The van der Waals surface area contributed by atoms with Crippen LogP contribution in [0.25, 0.3) is 0 Å². The first kappa shape index (κ1) is 23.8. The van der Waals surface area contributed by atoms with E-state index in [2.05, 4.69) is 19.1 Å². The minimum atomic E-state index is -3.07. The van der Waals surface area contributed by atoms with Crippen molar-refractivity contribution in [3.05, 3.63) is 24.3 Å². The Balaban J connectivity index is 3.51. The van der Waals surface area contributed by atoms with Gasteiger partial charge in [0.25, 0.3) is 5.79 Å². The highest BCUT2D eigenvalue weighted by molar-refractivity contribution is 5.75. The highest BCUT2D eigenvalue weighted by atomic mass is 16.6. The molecule has 25 heavy (non-hydrogen) atoms.